The Labute approximate surface area is 125 Å². The van der Waals surface area contributed by atoms with Gasteiger partial charge in [-0.15, -0.1) is 23.7 Å². The average Bonchev–Trinajstić information content (AvgIpc) is 2.81. The van der Waals surface area contributed by atoms with Gasteiger partial charge in [0.25, 0.3) is 11.6 Å². The van der Waals surface area contributed by atoms with Crippen LogP contribution in [0.3, 0.4) is 0 Å². The van der Waals surface area contributed by atoms with Crippen LogP contribution in [0, 0.1) is 10.1 Å². The van der Waals surface area contributed by atoms with E-state index in [1.54, 1.807) is 12.1 Å². The molecule has 20 heavy (non-hydrogen) atoms. The number of thiophene rings is 1. The van der Waals surface area contributed by atoms with E-state index in [0.29, 0.717) is 23.4 Å². The molecule has 1 amide bonds. The van der Waals surface area contributed by atoms with Gasteiger partial charge in [0.2, 0.25) is 0 Å². The molecule has 0 aliphatic rings. The molecule has 1 heterocycles. The standard InChI is InChI=1S/C12H13N3O3S.ClH/c13-4-1-5-14-12(16)11-7-8-6-9(15(17)18)2-3-10(8)19-11;/h2-3,6-7H,1,4-5,13H2,(H,14,16);1H. The summed E-state index contributed by atoms with van der Waals surface area (Å²) in [6.07, 6.45) is 0.724. The van der Waals surface area contributed by atoms with Crippen LogP contribution in [0.15, 0.2) is 24.3 Å². The number of benzene rings is 1. The Morgan fingerprint density at radius 1 is 1.40 bits per heavy atom. The fraction of sp³-hybridized carbons (Fsp3) is 0.250. The molecule has 1 aromatic heterocycles. The lowest BCUT2D eigenvalue weighted by Gasteiger charge is -2.00. The van der Waals surface area contributed by atoms with Gasteiger partial charge in [0.15, 0.2) is 0 Å². The molecule has 0 atom stereocenters. The molecule has 8 heteroatoms. The molecule has 0 aliphatic carbocycles. The van der Waals surface area contributed by atoms with Gasteiger partial charge in [-0.3, -0.25) is 14.9 Å². The van der Waals surface area contributed by atoms with Gasteiger partial charge in [0.1, 0.15) is 0 Å². The number of halogens is 1. The average molecular weight is 316 g/mol. The van der Waals surface area contributed by atoms with Gasteiger partial charge in [0.05, 0.1) is 9.80 Å². The second kappa shape index (κ2) is 7.18. The number of amides is 1. The molecule has 0 radical (unpaired) electrons. The fourth-order valence-electron chi connectivity index (χ4n) is 1.65. The molecule has 0 saturated carbocycles. The first kappa shape index (κ1) is 16.4. The number of hydrogen-bond donors (Lipinski definition) is 2. The van der Waals surface area contributed by atoms with Crippen LogP contribution in [0.1, 0.15) is 16.1 Å². The monoisotopic (exact) mass is 315 g/mol. The lowest BCUT2D eigenvalue weighted by Crippen LogP contribution is -2.25. The first-order chi connectivity index (χ1) is 9.11. The third-order valence-corrected chi connectivity index (χ3v) is 3.72. The van der Waals surface area contributed by atoms with E-state index >= 15 is 0 Å². The van der Waals surface area contributed by atoms with Crippen molar-refractivity contribution in [2.75, 3.05) is 13.1 Å². The van der Waals surface area contributed by atoms with E-state index < -0.39 is 4.92 Å². The Morgan fingerprint density at radius 3 is 2.80 bits per heavy atom. The van der Waals surface area contributed by atoms with E-state index in [2.05, 4.69) is 5.32 Å². The van der Waals surface area contributed by atoms with Crippen molar-refractivity contribution < 1.29 is 9.72 Å². The SMILES string of the molecule is Cl.NCCCNC(=O)c1cc2cc([N+](=O)[O-])ccc2s1. The molecular formula is C12H14ClN3O3S. The number of nitro benzene ring substituents is 1. The first-order valence-corrected chi connectivity index (χ1v) is 6.59. The van der Waals surface area contributed by atoms with Crippen LogP contribution < -0.4 is 11.1 Å². The number of carbonyl (C=O) groups excluding carboxylic acids is 1. The Balaban J connectivity index is 0.00000200. The minimum absolute atomic E-state index is 0. The maximum Gasteiger partial charge on any atom is 0.270 e. The smallest absolute Gasteiger partial charge is 0.270 e. The number of non-ortho nitro benzene ring substituents is 1. The van der Waals surface area contributed by atoms with Crippen LogP contribution in [0.2, 0.25) is 0 Å². The molecular weight excluding hydrogens is 302 g/mol. The number of nitrogens with two attached hydrogens (primary N) is 1. The molecule has 0 aliphatic heterocycles. The van der Waals surface area contributed by atoms with Crippen molar-refractivity contribution in [2.24, 2.45) is 5.73 Å². The van der Waals surface area contributed by atoms with E-state index in [-0.39, 0.29) is 24.0 Å². The van der Waals surface area contributed by atoms with Gasteiger partial charge in [-0.2, -0.15) is 0 Å². The van der Waals surface area contributed by atoms with Gasteiger partial charge in [-0.05, 0) is 25.1 Å². The van der Waals surface area contributed by atoms with Gasteiger partial charge < -0.3 is 11.1 Å². The van der Waals surface area contributed by atoms with E-state index in [0.717, 1.165) is 11.1 Å². The normalized spacial score (nSPS) is 10.1. The van der Waals surface area contributed by atoms with Crippen LogP contribution in [-0.2, 0) is 0 Å². The number of nitrogens with zero attached hydrogens (tertiary/aromatic N) is 1. The zero-order chi connectivity index (χ0) is 13.8. The van der Waals surface area contributed by atoms with Crippen molar-refractivity contribution in [3.63, 3.8) is 0 Å². The topological polar surface area (TPSA) is 98.3 Å². The molecule has 3 N–H and O–H groups in total. The molecule has 2 rings (SSSR count). The second-order valence-corrected chi connectivity index (χ2v) is 5.07. The maximum atomic E-state index is 11.8. The summed E-state index contributed by atoms with van der Waals surface area (Å²) in [7, 11) is 0. The minimum atomic E-state index is -0.446. The molecule has 6 nitrogen and oxygen atoms in total. The zero-order valence-electron chi connectivity index (χ0n) is 10.5. The number of hydrogen-bond acceptors (Lipinski definition) is 5. The van der Waals surface area contributed by atoms with E-state index in [9.17, 15) is 14.9 Å². The maximum absolute atomic E-state index is 11.8. The van der Waals surface area contributed by atoms with Crippen LogP contribution in [-0.4, -0.2) is 23.9 Å². The van der Waals surface area contributed by atoms with Crippen molar-refractivity contribution in [1.82, 2.24) is 5.32 Å². The van der Waals surface area contributed by atoms with Gasteiger partial charge in [-0.25, -0.2) is 0 Å². The Bertz CT molecular complexity index is 629. The fourth-order valence-corrected chi connectivity index (χ4v) is 2.61. The third kappa shape index (κ3) is 3.66. The predicted molar refractivity (Wildman–Crippen MR) is 81.7 cm³/mol. The summed E-state index contributed by atoms with van der Waals surface area (Å²) in [6, 6.07) is 6.25. The van der Waals surface area contributed by atoms with E-state index in [1.165, 1.54) is 23.5 Å². The highest BCUT2D eigenvalue weighted by molar-refractivity contribution is 7.20. The highest BCUT2D eigenvalue weighted by Crippen LogP contribution is 2.28. The summed E-state index contributed by atoms with van der Waals surface area (Å²) in [6.45, 7) is 1.06. The number of nitrogens with one attached hydrogen (secondary N) is 1. The van der Waals surface area contributed by atoms with E-state index in [4.69, 9.17) is 5.73 Å². The zero-order valence-corrected chi connectivity index (χ0v) is 12.1. The van der Waals surface area contributed by atoms with Crippen LogP contribution in [0.25, 0.3) is 10.1 Å². The molecule has 108 valence electrons. The summed E-state index contributed by atoms with van der Waals surface area (Å²) in [5.74, 6) is -0.169. The van der Waals surface area contributed by atoms with Crippen LogP contribution in [0.4, 0.5) is 5.69 Å². The largest absolute Gasteiger partial charge is 0.351 e. The summed E-state index contributed by atoms with van der Waals surface area (Å²) in [5, 5.41) is 14.1. The minimum Gasteiger partial charge on any atom is -0.351 e. The summed E-state index contributed by atoms with van der Waals surface area (Å²) < 4.78 is 0.856. The van der Waals surface area contributed by atoms with Gasteiger partial charge >= 0.3 is 0 Å². The quantitative estimate of drug-likeness (QED) is 0.502. The highest BCUT2D eigenvalue weighted by Gasteiger charge is 2.12. The van der Waals surface area contributed by atoms with Crippen LogP contribution >= 0.6 is 23.7 Å². The van der Waals surface area contributed by atoms with Gasteiger partial charge in [0, 0.05) is 28.8 Å². The number of rotatable bonds is 5. The second-order valence-electron chi connectivity index (χ2n) is 3.99. The molecule has 0 fully saturated rings. The van der Waals surface area contributed by atoms with Crippen molar-refractivity contribution in [1.29, 1.82) is 0 Å². The Hall–Kier alpha value is -1.70. The predicted octanol–water partition coefficient (Wildman–Crippen LogP) is 2.31. The molecule has 0 bridgehead atoms. The summed E-state index contributed by atoms with van der Waals surface area (Å²) in [4.78, 5) is 22.6. The Kier molecular flexibility index (Phi) is 5.87. The summed E-state index contributed by atoms with van der Waals surface area (Å²) in [5.41, 5.74) is 5.38. The lowest BCUT2D eigenvalue weighted by atomic mass is 10.2. The van der Waals surface area contributed by atoms with Crippen molar-refractivity contribution in [3.8, 4) is 0 Å². The first-order valence-electron chi connectivity index (χ1n) is 5.78. The number of carbonyl (C=O) groups is 1. The number of nitro groups is 1. The summed E-state index contributed by atoms with van der Waals surface area (Å²) >= 11 is 1.32. The Morgan fingerprint density at radius 2 is 2.15 bits per heavy atom. The molecule has 0 spiro atoms. The van der Waals surface area contributed by atoms with Crippen LogP contribution in [0.5, 0.6) is 0 Å². The van der Waals surface area contributed by atoms with Crippen molar-refractivity contribution >= 4 is 45.4 Å². The highest BCUT2D eigenvalue weighted by atomic mass is 35.5. The van der Waals surface area contributed by atoms with Crippen molar-refractivity contribution in [3.05, 3.63) is 39.3 Å². The van der Waals surface area contributed by atoms with Gasteiger partial charge in [-0.1, -0.05) is 0 Å². The number of fused-ring (bicyclic) bond motifs is 1. The molecule has 2 aromatic rings. The molecule has 0 unspecified atom stereocenters. The van der Waals surface area contributed by atoms with Crippen molar-refractivity contribution in [2.45, 2.75) is 6.42 Å². The van der Waals surface area contributed by atoms with E-state index in [1.807, 2.05) is 0 Å². The third-order valence-electron chi connectivity index (χ3n) is 2.60. The molecule has 1 aromatic carbocycles. The lowest BCUT2D eigenvalue weighted by molar-refractivity contribution is -0.384. The molecule has 0 saturated heterocycles.